The first-order chi connectivity index (χ1) is 12.3. The van der Waals surface area contributed by atoms with Gasteiger partial charge in [0.05, 0.1) is 6.61 Å². The van der Waals surface area contributed by atoms with Gasteiger partial charge in [-0.3, -0.25) is 4.79 Å². The molecule has 0 saturated carbocycles. The van der Waals surface area contributed by atoms with E-state index in [2.05, 4.69) is 6.92 Å². The summed E-state index contributed by atoms with van der Waals surface area (Å²) in [4.78, 5) is 20.7. The van der Waals surface area contributed by atoms with Crippen LogP contribution in [-0.4, -0.2) is 18.9 Å². The highest BCUT2D eigenvalue weighted by molar-refractivity contribution is 6.20. The molecule has 0 spiro atoms. The number of unbranched alkanes of at least 4 members (excludes halogenated alkanes) is 17. The molecule has 0 aromatic carbocycles. The van der Waals surface area contributed by atoms with E-state index in [1.807, 2.05) is 0 Å². The van der Waals surface area contributed by atoms with E-state index < -0.39 is 5.97 Å². The Morgan fingerprint density at radius 1 is 0.600 bits per heavy atom. The van der Waals surface area contributed by atoms with Gasteiger partial charge in [-0.15, -0.1) is 0 Å². The third-order valence-corrected chi connectivity index (χ3v) is 4.84. The molecule has 0 bridgehead atoms. The Bertz CT molecular complexity index is 289. The van der Waals surface area contributed by atoms with E-state index in [0.717, 1.165) is 12.8 Å². The predicted octanol–water partition coefficient (Wildman–Crippen LogP) is 6.77. The minimum Gasteiger partial charge on any atom is -0.460 e. The summed E-state index contributed by atoms with van der Waals surface area (Å²) in [5.41, 5.74) is 0. The number of esters is 1. The van der Waals surface area contributed by atoms with Gasteiger partial charge < -0.3 is 4.74 Å². The Morgan fingerprint density at radius 3 is 1.24 bits per heavy atom. The van der Waals surface area contributed by atoms with Crippen molar-refractivity contribution in [3.8, 4) is 0 Å². The molecule has 0 atom stereocenters. The lowest BCUT2D eigenvalue weighted by atomic mass is 10.0. The SMILES string of the molecule is CCCCCCCCCCCCCCCCCCCCOC(=O)C=O. The van der Waals surface area contributed by atoms with Crippen molar-refractivity contribution in [2.24, 2.45) is 0 Å². The number of aldehydes is 1. The largest absolute Gasteiger partial charge is 0.460 e. The number of carbonyl (C=O) groups excluding carboxylic acids is 2. The highest BCUT2D eigenvalue weighted by Crippen LogP contribution is 2.14. The van der Waals surface area contributed by atoms with Crippen LogP contribution in [0.3, 0.4) is 0 Å². The van der Waals surface area contributed by atoms with Crippen LogP contribution in [-0.2, 0) is 14.3 Å². The highest BCUT2D eigenvalue weighted by Gasteiger charge is 1.98. The molecular formula is C22H42O3. The summed E-state index contributed by atoms with van der Waals surface area (Å²) in [6.45, 7) is 2.66. The van der Waals surface area contributed by atoms with E-state index in [9.17, 15) is 9.59 Å². The van der Waals surface area contributed by atoms with Gasteiger partial charge in [-0.1, -0.05) is 116 Å². The van der Waals surface area contributed by atoms with Gasteiger partial charge >= 0.3 is 5.97 Å². The molecule has 0 aromatic rings. The first-order valence-electron chi connectivity index (χ1n) is 10.9. The summed E-state index contributed by atoms with van der Waals surface area (Å²) in [7, 11) is 0. The van der Waals surface area contributed by atoms with Crippen molar-refractivity contribution in [2.45, 2.75) is 122 Å². The maximum absolute atomic E-state index is 10.6. The lowest BCUT2D eigenvalue weighted by Crippen LogP contribution is -2.06. The van der Waals surface area contributed by atoms with E-state index in [4.69, 9.17) is 4.74 Å². The average molecular weight is 355 g/mol. The maximum Gasteiger partial charge on any atom is 0.371 e. The summed E-state index contributed by atoms with van der Waals surface area (Å²) in [6.07, 6.45) is 24.4. The Labute approximate surface area is 156 Å². The monoisotopic (exact) mass is 354 g/mol. The van der Waals surface area contributed by atoms with E-state index >= 15 is 0 Å². The minimum absolute atomic E-state index is 0.231. The Morgan fingerprint density at radius 2 is 0.920 bits per heavy atom. The summed E-state index contributed by atoms with van der Waals surface area (Å²) >= 11 is 0. The second kappa shape index (κ2) is 21.2. The van der Waals surface area contributed by atoms with Gasteiger partial charge in [-0.05, 0) is 6.42 Å². The Kier molecular flexibility index (Phi) is 20.5. The zero-order valence-electron chi connectivity index (χ0n) is 16.7. The van der Waals surface area contributed by atoms with Crippen molar-refractivity contribution in [3.63, 3.8) is 0 Å². The van der Waals surface area contributed by atoms with Crippen LogP contribution in [0.4, 0.5) is 0 Å². The molecule has 0 unspecified atom stereocenters. The molecule has 0 heterocycles. The molecule has 3 heteroatoms. The molecule has 3 nitrogen and oxygen atoms in total. The molecule has 25 heavy (non-hydrogen) atoms. The summed E-state index contributed by atoms with van der Waals surface area (Å²) in [5.74, 6) is -0.744. The molecule has 0 aliphatic heterocycles. The lowest BCUT2D eigenvalue weighted by Gasteiger charge is -2.04. The van der Waals surface area contributed by atoms with Gasteiger partial charge in [0.2, 0.25) is 6.29 Å². The number of carbonyl (C=O) groups is 2. The van der Waals surface area contributed by atoms with Crippen molar-refractivity contribution in [3.05, 3.63) is 0 Å². The molecular weight excluding hydrogens is 312 g/mol. The molecule has 0 radical (unpaired) electrons. The molecule has 0 aliphatic carbocycles. The van der Waals surface area contributed by atoms with E-state index in [0.29, 0.717) is 6.61 Å². The van der Waals surface area contributed by atoms with Crippen LogP contribution in [0.15, 0.2) is 0 Å². The molecule has 0 fully saturated rings. The summed E-state index contributed by atoms with van der Waals surface area (Å²) in [6, 6.07) is 0. The highest BCUT2D eigenvalue weighted by atomic mass is 16.5. The van der Waals surface area contributed by atoms with Crippen LogP contribution in [0.25, 0.3) is 0 Å². The van der Waals surface area contributed by atoms with Crippen molar-refractivity contribution in [1.29, 1.82) is 0 Å². The van der Waals surface area contributed by atoms with Crippen LogP contribution < -0.4 is 0 Å². The van der Waals surface area contributed by atoms with E-state index in [1.165, 1.54) is 103 Å². The smallest absolute Gasteiger partial charge is 0.371 e. The van der Waals surface area contributed by atoms with Gasteiger partial charge in [0, 0.05) is 0 Å². The zero-order valence-corrected chi connectivity index (χ0v) is 16.7. The van der Waals surface area contributed by atoms with Gasteiger partial charge in [-0.2, -0.15) is 0 Å². The predicted molar refractivity (Wildman–Crippen MR) is 106 cm³/mol. The molecule has 0 saturated heterocycles. The van der Waals surface area contributed by atoms with Crippen LogP contribution >= 0.6 is 0 Å². The van der Waals surface area contributed by atoms with Crippen LogP contribution in [0.2, 0.25) is 0 Å². The molecule has 0 amide bonds. The van der Waals surface area contributed by atoms with Crippen LogP contribution in [0, 0.1) is 0 Å². The van der Waals surface area contributed by atoms with Gasteiger partial charge in [-0.25, -0.2) is 4.79 Å². The van der Waals surface area contributed by atoms with Crippen molar-refractivity contribution in [1.82, 2.24) is 0 Å². The Hall–Kier alpha value is -0.860. The number of ether oxygens (including phenoxy) is 1. The van der Waals surface area contributed by atoms with Crippen molar-refractivity contribution >= 4 is 12.3 Å². The average Bonchev–Trinajstić information content (AvgIpc) is 2.63. The van der Waals surface area contributed by atoms with Crippen molar-refractivity contribution < 1.29 is 14.3 Å². The first-order valence-corrected chi connectivity index (χ1v) is 10.9. The van der Waals surface area contributed by atoms with Crippen LogP contribution in [0.1, 0.15) is 122 Å². The maximum atomic E-state index is 10.6. The quantitative estimate of drug-likeness (QED) is 0.105. The van der Waals surface area contributed by atoms with Crippen LogP contribution in [0.5, 0.6) is 0 Å². The van der Waals surface area contributed by atoms with E-state index in [-0.39, 0.29) is 6.29 Å². The first kappa shape index (κ1) is 24.1. The molecule has 148 valence electrons. The number of rotatable bonds is 20. The fourth-order valence-corrected chi connectivity index (χ4v) is 3.21. The normalized spacial score (nSPS) is 10.8. The Balaban J connectivity index is 3.00. The molecule has 0 aromatic heterocycles. The van der Waals surface area contributed by atoms with Gasteiger partial charge in [0.1, 0.15) is 0 Å². The third kappa shape index (κ3) is 21.1. The molecule has 0 N–H and O–H groups in total. The zero-order chi connectivity index (χ0) is 18.4. The second-order valence-corrected chi connectivity index (χ2v) is 7.30. The molecule has 0 aliphatic rings. The fraction of sp³-hybridized carbons (Fsp3) is 0.909. The van der Waals surface area contributed by atoms with Crippen molar-refractivity contribution in [2.75, 3.05) is 6.61 Å². The number of hydrogen-bond donors (Lipinski definition) is 0. The molecule has 0 rings (SSSR count). The van der Waals surface area contributed by atoms with E-state index in [1.54, 1.807) is 0 Å². The van der Waals surface area contributed by atoms with Gasteiger partial charge in [0.25, 0.3) is 0 Å². The third-order valence-electron chi connectivity index (χ3n) is 4.84. The fourth-order valence-electron chi connectivity index (χ4n) is 3.21. The van der Waals surface area contributed by atoms with Gasteiger partial charge in [0.15, 0.2) is 0 Å². The summed E-state index contributed by atoms with van der Waals surface area (Å²) in [5, 5.41) is 0. The summed E-state index contributed by atoms with van der Waals surface area (Å²) < 4.78 is 4.71. The standard InChI is InChI=1S/C22H42O3/c1-2-3-4-5-6-7-8-9-10-11-12-13-14-15-16-17-18-19-20-25-22(24)21-23/h21H,2-20H2,1H3. The lowest BCUT2D eigenvalue weighted by molar-refractivity contribution is -0.148. The second-order valence-electron chi connectivity index (χ2n) is 7.30. The topological polar surface area (TPSA) is 43.4 Å². The minimum atomic E-state index is -0.744. The number of hydrogen-bond acceptors (Lipinski definition) is 3.